The standard InChI is InChI=1S/C24H23N5O/c1-19-12-14-22(15-13-19)24-25-27-29(26-24)18-23(30)28(16-20-8-4-2-5-9-20)17-21-10-6-3-7-11-21/h2-15H,16-18H2,1H3. The van der Waals surface area contributed by atoms with Crippen molar-refractivity contribution in [3.05, 3.63) is 102 Å². The molecule has 0 radical (unpaired) electrons. The fraction of sp³-hybridized carbons (Fsp3) is 0.167. The minimum atomic E-state index is -0.0597. The molecule has 0 fully saturated rings. The molecule has 0 N–H and O–H groups in total. The van der Waals surface area contributed by atoms with Gasteiger partial charge in [0, 0.05) is 18.7 Å². The third kappa shape index (κ3) is 4.97. The zero-order valence-corrected chi connectivity index (χ0v) is 16.8. The van der Waals surface area contributed by atoms with Crippen molar-refractivity contribution >= 4 is 5.91 Å². The van der Waals surface area contributed by atoms with E-state index in [9.17, 15) is 4.79 Å². The average Bonchev–Trinajstić information content (AvgIpc) is 3.23. The summed E-state index contributed by atoms with van der Waals surface area (Å²) >= 11 is 0. The van der Waals surface area contributed by atoms with E-state index in [4.69, 9.17) is 0 Å². The molecule has 0 bridgehead atoms. The van der Waals surface area contributed by atoms with E-state index in [0.29, 0.717) is 18.9 Å². The number of hydrogen-bond acceptors (Lipinski definition) is 4. The number of tetrazole rings is 1. The van der Waals surface area contributed by atoms with Gasteiger partial charge in [-0.2, -0.15) is 4.80 Å². The predicted octanol–water partition coefficient (Wildman–Crippen LogP) is 3.88. The van der Waals surface area contributed by atoms with Crippen LogP contribution in [0.25, 0.3) is 11.4 Å². The number of aryl methyl sites for hydroxylation is 1. The first-order valence-electron chi connectivity index (χ1n) is 9.88. The van der Waals surface area contributed by atoms with Crippen molar-refractivity contribution in [2.24, 2.45) is 0 Å². The molecule has 0 spiro atoms. The summed E-state index contributed by atoms with van der Waals surface area (Å²) in [7, 11) is 0. The predicted molar refractivity (Wildman–Crippen MR) is 115 cm³/mol. The Morgan fingerprint density at radius 1 is 0.833 bits per heavy atom. The van der Waals surface area contributed by atoms with Crippen LogP contribution in [0.5, 0.6) is 0 Å². The molecule has 4 aromatic rings. The Morgan fingerprint density at radius 2 is 1.40 bits per heavy atom. The molecule has 0 unspecified atom stereocenters. The maximum Gasteiger partial charge on any atom is 0.246 e. The zero-order valence-electron chi connectivity index (χ0n) is 16.8. The van der Waals surface area contributed by atoms with Crippen LogP contribution < -0.4 is 0 Å². The van der Waals surface area contributed by atoms with E-state index >= 15 is 0 Å². The summed E-state index contributed by atoms with van der Waals surface area (Å²) in [5.41, 5.74) is 4.20. The van der Waals surface area contributed by atoms with Crippen molar-refractivity contribution in [2.75, 3.05) is 0 Å². The Kier molecular flexibility index (Phi) is 5.94. The van der Waals surface area contributed by atoms with Gasteiger partial charge in [-0.25, -0.2) is 0 Å². The van der Waals surface area contributed by atoms with Crippen molar-refractivity contribution in [3.63, 3.8) is 0 Å². The van der Waals surface area contributed by atoms with Crippen molar-refractivity contribution in [1.29, 1.82) is 0 Å². The molecule has 4 rings (SSSR count). The third-order valence-electron chi connectivity index (χ3n) is 4.82. The van der Waals surface area contributed by atoms with Crippen LogP contribution in [0.4, 0.5) is 0 Å². The quantitative estimate of drug-likeness (QED) is 0.475. The maximum absolute atomic E-state index is 13.1. The Bertz CT molecular complexity index is 1050. The van der Waals surface area contributed by atoms with Crippen LogP contribution >= 0.6 is 0 Å². The molecule has 1 aromatic heterocycles. The number of carbonyl (C=O) groups is 1. The van der Waals surface area contributed by atoms with Crippen LogP contribution in [-0.4, -0.2) is 31.0 Å². The number of benzene rings is 3. The van der Waals surface area contributed by atoms with Crippen molar-refractivity contribution in [2.45, 2.75) is 26.6 Å². The summed E-state index contributed by atoms with van der Waals surface area (Å²) in [4.78, 5) is 16.3. The van der Waals surface area contributed by atoms with Gasteiger partial charge in [0.05, 0.1) is 0 Å². The summed E-state index contributed by atoms with van der Waals surface area (Å²) < 4.78 is 0. The second-order valence-corrected chi connectivity index (χ2v) is 7.23. The summed E-state index contributed by atoms with van der Waals surface area (Å²) in [6, 6.07) is 27.9. The topological polar surface area (TPSA) is 63.9 Å². The fourth-order valence-electron chi connectivity index (χ4n) is 3.19. The van der Waals surface area contributed by atoms with E-state index in [0.717, 1.165) is 16.7 Å². The fourth-order valence-corrected chi connectivity index (χ4v) is 3.19. The van der Waals surface area contributed by atoms with Crippen molar-refractivity contribution in [3.8, 4) is 11.4 Å². The molecule has 1 heterocycles. The van der Waals surface area contributed by atoms with Gasteiger partial charge >= 0.3 is 0 Å². The summed E-state index contributed by atoms with van der Waals surface area (Å²) in [5, 5.41) is 12.6. The van der Waals surface area contributed by atoms with Gasteiger partial charge < -0.3 is 4.90 Å². The molecule has 1 amide bonds. The Morgan fingerprint density at radius 3 is 1.97 bits per heavy atom. The van der Waals surface area contributed by atoms with Gasteiger partial charge in [-0.05, 0) is 23.3 Å². The first kappa shape index (κ1) is 19.5. The van der Waals surface area contributed by atoms with E-state index in [1.54, 1.807) is 0 Å². The highest BCUT2D eigenvalue weighted by atomic mass is 16.2. The normalized spacial score (nSPS) is 10.7. The number of rotatable bonds is 7. The van der Waals surface area contributed by atoms with E-state index in [1.807, 2.05) is 96.8 Å². The lowest BCUT2D eigenvalue weighted by atomic mass is 10.1. The van der Waals surface area contributed by atoms with Crippen LogP contribution in [0.2, 0.25) is 0 Å². The van der Waals surface area contributed by atoms with Crippen LogP contribution in [0.15, 0.2) is 84.9 Å². The largest absolute Gasteiger partial charge is 0.332 e. The number of nitrogens with zero attached hydrogens (tertiary/aromatic N) is 5. The average molecular weight is 397 g/mol. The highest BCUT2D eigenvalue weighted by Crippen LogP contribution is 2.15. The maximum atomic E-state index is 13.1. The number of amides is 1. The highest BCUT2D eigenvalue weighted by molar-refractivity contribution is 5.75. The Balaban J connectivity index is 1.50. The summed E-state index contributed by atoms with van der Waals surface area (Å²) in [6.45, 7) is 3.11. The first-order valence-corrected chi connectivity index (χ1v) is 9.88. The number of aromatic nitrogens is 4. The molecule has 150 valence electrons. The molecule has 6 heteroatoms. The summed E-state index contributed by atoms with van der Waals surface area (Å²) in [6.07, 6.45) is 0. The van der Waals surface area contributed by atoms with Gasteiger partial charge in [0.1, 0.15) is 6.54 Å². The summed E-state index contributed by atoms with van der Waals surface area (Å²) in [5.74, 6) is 0.455. The van der Waals surface area contributed by atoms with Gasteiger partial charge in [0.15, 0.2) is 0 Å². The molecular formula is C24H23N5O. The molecule has 0 aliphatic rings. The third-order valence-corrected chi connectivity index (χ3v) is 4.82. The van der Waals surface area contributed by atoms with E-state index in [-0.39, 0.29) is 12.5 Å². The molecule has 0 saturated heterocycles. The lowest BCUT2D eigenvalue weighted by molar-refractivity contribution is -0.133. The van der Waals surface area contributed by atoms with Crippen LogP contribution in [-0.2, 0) is 24.4 Å². The Hall–Kier alpha value is -3.80. The van der Waals surface area contributed by atoms with E-state index in [2.05, 4.69) is 15.4 Å². The minimum Gasteiger partial charge on any atom is -0.332 e. The van der Waals surface area contributed by atoms with Gasteiger partial charge in [-0.1, -0.05) is 90.5 Å². The van der Waals surface area contributed by atoms with Crippen molar-refractivity contribution in [1.82, 2.24) is 25.1 Å². The number of carbonyl (C=O) groups excluding carboxylic acids is 1. The SMILES string of the molecule is Cc1ccc(-c2nnn(CC(=O)N(Cc3ccccc3)Cc3ccccc3)n2)cc1. The highest BCUT2D eigenvalue weighted by Gasteiger charge is 2.17. The second kappa shape index (κ2) is 9.13. The molecule has 6 nitrogen and oxygen atoms in total. The molecule has 0 aliphatic heterocycles. The van der Waals surface area contributed by atoms with Crippen LogP contribution in [0.3, 0.4) is 0 Å². The van der Waals surface area contributed by atoms with Gasteiger partial charge in [-0.15, -0.1) is 10.2 Å². The number of hydrogen-bond donors (Lipinski definition) is 0. The monoisotopic (exact) mass is 397 g/mol. The van der Waals surface area contributed by atoms with Crippen LogP contribution in [0, 0.1) is 6.92 Å². The second-order valence-electron chi connectivity index (χ2n) is 7.23. The smallest absolute Gasteiger partial charge is 0.246 e. The first-order chi connectivity index (χ1) is 14.7. The Labute approximate surface area is 175 Å². The minimum absolute atomic E-state index is 0.0402. The zero-order chi connectivity index (χ0) is 20.8. The molecule has 3 aromatic carbocycles. The lowest BCUT2D eigenvalue weighted by Gasteiger charge is -2.23. The van der Waals surface area contributed by atoms with Gasteiger partial charge in [-0.3, -0.25) is 4.79 Å². The molecule has 30 heavy (non-hydrogen) atoms. The van der Waals surface area contributed by atoms with E-state index in [1.165, 1.54) is 10.4 Å². The van der Waals surface area contributed by atoms with Gasteiger partial charge in [0.25, 0.3) is 0 Å². The molecule has 0 atom stereocenters. The molecule has 0 saturated carbocycles. The lowest BCUT2D eigenvalue weighted by Crippen LogP contribution is -2.33. The van der Waals surface area contributed by atoms with E-state index < -0.39 is 0 Å². The molecular weight excluding hydrogens is 374 g/mol. The molecule has 0 aliphatic carbocycles. The van der Waals surface area contributed by atoms with Crippen molar-refractivity contribution < 1.29 is 4.79 Å². The van der Waals surface area contributed by atoms with Gasteiger partial charge in [0.2, 0.25) is 11.7 Å². The van der Waals surface area contributed by atoms with Crippen LogP contribution in [0.1, 0.15) is 16.7 Å².